The molecule has 0 radical (unpaired) electrons. The number of carbonyl (C=O) groups is 2. The van der Waals surface area contributed by atoms with Gasteiger partial charge in [0.25, 0.3) is 0 Å². The Hall–Kier alpha value is -3.24. The van der Waals surface area contributed by atoms with E-state index in [2.05, 4.69) is 30.2 Å². The third-order valence-electron chi connectivity index (χ3n) is 4.94. The van der Waals surface area contributed by atoms with E-state index < -0.39 is 0 Å². The summed E-state index contributed by atoms with van der Waals surface area (Å²) in [5.74, 6) is 0.748. The number of pyridine rings is 1. The first kappa shape index (κ1) is 21.0. The van der Waals surface area contributed by atoms with Crippen molar-refractivity contribution in [3.63, 3.8) is 0 Å². The van der Waals surface area contributed by atoms with Crippen LogP contribution >= 0.6 is 11.3 Å². The van der Waals surface area contributed by atoms with Gasteiger partial charge < -0.3 is 10.2 Å². The molecule has 160 valence electrons. The monoisotopic (exact) mass is 437 g/mol. The molecule has 4 heterocycles. The fourth-order valence-corrected chi connectivity index (χ4v) is 4.01. The zero-order valence-corrected chi connectivity index (χ0v) is 18.0. The van der Waals surface area contributed by atoms with Crippen molar-refractivity contribution in [2.75, 3.05) is 38.0 Å². The molecule has 1 fully saturated rings. The summed E-state index contributed by atoms with van der Waals surface area (Å²) in [4.78, 5) is 45.9. The largest absolute Gasteiger partial charge is 0.342 e. The number of hydrogen-bond acceptors (Lipinski definition) is 8. The van der Waals surface area contributed by atoms with Gasteiger partial charge in [-0.25, -0.2) is 15.0 Å². The van der Waals surface area contributed by atoms with Gasteiger partial charge in [-0.1, -0.05) is 6.07 Å². The molecule has 3 aromatic rings. The predicted molar refractivity (Wildman–Crippen MR) is 118 cm³/mol. The van der Waals surface area contributed by atoms with Crippen LogP contribution in [0.25, 0.3) is 22.2 Å². The lowest BCUT2D eigenvalue weighted by molar-refractivity contribution is -0.128. The number of anilines is 1. The van der Waals surface area contributed by atoms with Crippen LogP contribution in [0.2, 0.25) is 0 Å². The Morgan fingerprint density at radius 3 is 2.71 bits per heavy atom. The minimum atomic E-state index is -0.160. The van der Waals surface area contributed by atoms with E-state index in [4.69, 9.17) is 0 Å². The normalized spacial score (nSPS) is 14.8. The molecule has 0 spiro atoms. The van der Waals surface area contributed by atoms with Crippen molar-refractivity contribution in [3.05, 3.63) is 42.0 Å². The van der Waals surface area contributed by atoms with Gasteiger partial charge in [-0.05, 0) is 18.6 Å². The predicted octanol–water partition coefficient (Wildman–Crippen LogP) is 2.15. The van der Waals surface area contributed by atoms with Crippen LogP contribution in [0.3, 0.4) is 0 Å². The molecule has 2 amide bonds. The molecular formula is C21H23N7O2S. The lowest BCUT2D eigenvalue weighted by atomic mass is 10.3. The molecular weight excluding hydrogens is 414 g/mol. The Bertz CT molecular complexity index is 1040. The third-order valence-corrected chi connectivity index (χ3v) is 5.74. The van der Waals surface area contributed by atoms with Crippen molar-refractivity contribution < 1.29 is 9.59 Å². The van der Waals surface area contributed by atoms with Gasteiger partial charge in [-0.3, -0.25) is 19.5 Å². The second-order valence-electron chi connectivity index (χ2n) is 7.20. The molecule has 9 nitrogen and oxygen atoms in total. The van der Waals surface area contributed by atoms with Crippen molar-refractivity contribution in [1.29, 1.82) is 0 Å². The van der Waals surface area contributed by atoms with Crippen LogP contribution < -0.4 is 5.32 Å². The maximum Gasteiger partial charge on any atom is 0.239 e. The maximum atomic E-state index is 12.7. The van der Waals surface area contributed by atoms with Crippen LogP contribution in [0.15, 0.2) is 42.0 Å². The smallest absolute Gasteiger partial charge is 0.239 e. The summed E-state index contributed by atoms with van der Waals surface area (Å²) in [6, 6.07) is 7.24. The van der Waals surface area contributed by atoms with Gasteiger partial charge in [0, 0.05) is 56.9 Å². The molecule has 1 N–H and O–H groups in total. The Labute approximate surface area is 184 Å². The third kappa shape index (κ3) is 5.47. The molecule has 0 aromatic carbocycles. The molecule has 4 rings (SSSR count). The second kappa shape index (κ2) is 9.71. The number of carbonyl (C=O) groups excluding carboxylic acids is 2. The minimum Gasteiger partial charge on any atom is -0.342 e. The van der Waals surface area contributed by atoms with E-state index in [0.717, 1.165) is 24.5 Å². The zero-order valence-electron chi connectivity index (χ0n) is 17.2. The van der Waals surface area contributed by atoms with Crippen LogP contribution in [0.5, 0.6) is 0 Å². The van der Waals surface area contributed by atoms with Crippen molar-refractivity contribution >= 4 is 29.0 Å². The number of hydrogen-bond donors (Lipinski definition) is 1. The van der Waals surface area contributed by atoms with Gasteiger partial charge in [0.15, 0.2) is 5.82 Å². The first-order valence-electron chi connectivity index (χ1n) is 10.1. The molecule has 31 heavy (non-hydrogen) atoms. The van der Waals surface area contributed by atoms with E-state index in [1.54, 1.807) is 25.4 Å². The van der Waals surface area contributed by atoms with Gasteiger partial charge in [0.1, 0.15) is 22.2 Å². The summed E-state index contributed by atoms with van der Waals surface area (Å²) in [7, 11) is 0. The molecule has 1 aliphatic rings. The fraction of sp³-hybridized carbons (Fsp3) is 0.333. The second-order valence-corrected chi connectivity index (χ2v) is 8.09. The number of amides is 2. The lowest BCUT2D eigenvalue weighted by Gasteiger charge is -2.20. The maximum absolute atomic E-state index is 12.7. The summed E-state index contributed by atoms with van der Waals surface area (Å²) in [6.07, 6.45) is 4.24. The average molecular weight is 438 g/mol. The molecule has 10 heteroatoms. The van der Waals surface area contributed by atoms with Gasteiger partial charge in [-0.15, -0.1) is 11.3 Å². The number of aromatic nitrogens is 4. The van der Waals surface area contributed by atoms with E-state index >= 15 is 0 Å². The van der Waals surface area contributed by atoms with Crippen molar-refractivity contribution in [2.45, 2.75) is 13.3 Å². The molecule has 0 atom stereocenters. The Morgan fingerprint density at radius 1 is 1.06 bits per heavy atom. The summed E-state index contributed by atoms with van der Waals surface area (Å²) in [5, 5.41) is 5.51. The quantitative estimate of drug-likeness (QED) is 0.652. The summed E-state index contributed by atoms with van der Waals surface area (Å²) >= 11 is 1.47. The van der Waals surface area contributed by atoms with Gasteiger partial charge in [0.05, 0.1) is 6.54 Å². The Morgan fingerprint density at radius 2 is 1.97 bits per heavy atom. The number of nitrogens with one attached hydrogen (secondary N) is 1. The highest BCUT2D eigenvalue weighted by Crippen LogP contribution is 2.25. The van der Waals surface area contributed by atoms with E-state index in [1.807, 2.05) is 28.5 Å². The van der Waals surface area contributed by atoms with Crippen molar-refractivity contribution in [1.82, 2.24) is 29.7 Å². The topological polar surface area (TPSA) is 104 Å². The standard InChI is InChI=1S/C21H23N7O2S/c1-15(29)28-9-4-8-27(10-11-28)14-19(30)25-18-13-17(21-23-7-12-31-21)24-20(26-18)16-5-2-3-6-22-16/h2-3,5-7,12-13H,4,8-11,14H2,1H3,(H,24,25,26,30). The summed E-state index contributed by atoms with van der Waals surface area (Å²) in [5.41, 5.74) is 1.25. The first-order chi connectivity index (χ1) is 15.1. The highest BCUT2D eigenvalue weighted by atomic mass is 32.1. The van der Waals surface area contributed by atoms with Crippen molar-refractivity contribution in [2.24, 2.45) is 0 Å². The van der Waals surface area contributed by atoms with Crippen LogP contribution in [-0.2, 0) is 9.59 Å². The highest BCUT2D eigenvalue weighted by Gasteiger charge is 2.19. The fourth-order valence-electron chi connectivity index (χ4n) is 3.41. The Kier molecular flexibility index (Phi) is 6.58. The van der Waals surface area contributed by atoms with Gasteiger partial charge in [0.2, 0.25) is 11.8 Å². The molecule has 0 bridgehead atoms. The number of rotatable bonds is 5. The van der Waals surface area contributed by atoms with Crippen LogP contribution in [0.4, 0.5) is 5.82 Å². The minimum absolute atomic E-state index is 0.0732. The number of thiazole rings is 1. The Balaban J connectivity index is 1.50. The van der Waals surface area contributed by atoms with Crippen molar-refractivity contribution in [3.8, 4) is 22.2 Å². The average Bonchev–Trinajstić information content (AvgIpc) is 3.21. The molecule has 0 saturated carbocycles. The molecule has 0 unspecified atom stereocenters. The SMILES string of the molecule is CC(=O)N1CCCN(CC(=O)Nc2cc(-c3nccs3)nc(-c3ccccn3)n2)CC1. The lowest BCUT2D eigenvalue weighted by Crippen LogP contribution is -2.37. The van der Waals surface area contributed by atoms with Gasteiger partial charge >= 0.3 is 0 Å². The van der Waals surface area contributed by atoms with Crippen LogP contribution in [-0.4, -0.2) is 74.3 Å². The van der Waals surface area contributed by atoms with E-state index in [1.165, 1.54) is 11.3 Å². The van der Waals surface area contributed by atoms with E-state index in [0.29, 0.717) is 36.1 Å². The van der Waals surface area contributed by atoms with Crippen LogP contribution in [0.1, 0.15) is 13.3 Å². The van der Waals surface area contributed by atoms with Gasteiger partial charge in [-0.2, -0.15) is 0 Å². The molecule has 0 aliphatic carbocycles. The molecule has 1 saturated heterocycles. The molecule has 1 aliphatic heterocycles. The zero-order chi connectivity index (χ0) is 21.6. The van der Waals surface area contributed by atoms with E-state index in [-0.39, 0.29) is 18.4 Å². The first-order valence-corrected chi connectivity index (χ1v) is 10.9. The molecule has 3 aromatic heterocycles. The summed E-state index contributed by atoms with van der Waals surface area (Å²) < 4.78 is 0. The number of nitrogens with zero attached hydrogens (tertiary/aromatic N) is 6. The van der Waals surface area contributed by atoms with Crippen LogP contribution in [0, 0.1) is 0 Å². The highest BCUT2D eigenvalue weighted by molar-refractivity contribution is 7.13. The van der Waals surface area contributed by atoms with E-state index in [9.17, 15) is 9.59 Å². The summed E-state index contributed by atoms with van der Waals surface area (Å²) in [6.45, 7) is 4.61.